The van der Waals surface area contributed by atoms with Gasteiger partial charge < -0.3 is 4.74 Å². The standard InChI is InChI=1S/C15H20O/c1-6-7-10-16-14-9-8-13(11-12(14)2)15(3,4)5/h1,8-9,11H,7,10H2,2-5H3. The Kier molecular flexibility index (Phi) is 4.01. The number of rotatable bonds is 3. The lowest BCUT2D eigenvalue weighted by atomic mass is 9.86. The monoisotopic (exact) mass is 216 g/mol. The third-order valence-electron chi connectivity index (χ3n) is 2.54. The smallest absolute Gasteiger partial charge is 0.122 e. The zero-order chi connectivity index (χ0) is 12.2. The second kappa shape index (κ2) is 5.07. The molecule has 16 heavy (non-hydrogen) atoms. The molecule has 0 aliphatic heterocycles. The first kappa shape index (κ1) is 12.6. The average molecular weight is 216 g/mol. The van der Waals surface area contributed by atoms with Gasteiger partial charge in [-0.05, 0) is 29.5 Å². The molecular weight excluding hydrogens is 196 g/mol. The molecule has 1 aromatic rings. The molecule has 0 amide bonds. The first-order valence-corrected chi connectivity index (χ1v) is 5.62. The van der Waals surface area contributed by atoms with E-state index in [0.717, 1.165) is 5.75 Å². The van der Waals surface area contributed by atoms with Gasteiger partial charge in [0.25, 0.3) is 0 Å². The number of benzene rings is 1. The van der Waals surface area contributed by atoms with E-state index >= 15 is 0 Å². The van der Waals surface area contributed by atoms with Crippen molar-refractivity contribution in [1.82, 2.24) is 0 Å². The van der Waals surface area contributed by atoms with E-state index in [1.54, 1.807) is 0 Å². The molecule has 0 aliphatic carbocycles. The fourth-order valence-corrected chi connectivity index (χ4v) is 1.50. The second-order valence-corrected chi connectivity index (χ2v) is 5.03. The molecule has 0 fully saturated rings. The number of aryl methyl sites for hydroxylation is 1. The Morgan fingerprint density at radius 1 is 1.31 bits per heavy atom. The second-order valence-electron chi connectivity index (χ2n) is 5.03. The van der Waals surface area contributed by atoms with E-state index in [4.69, 9.17) is 11.2 Å². The van der Waals surface area contributed by atoms with Crippen LogP contribution in [0.25, 0.3) is 0 Å². The summed E-state index contributed by atoms with van der Waals surface area (Å²) in [6.07, 6.45) is 5.84. The molecule has 0 aromatic heterocycles. The van der Waals surface area contributed by atoms with Crippen molar-refractivity contribution in [2.75, 3.05) is 6.61 Å². The van der Waals surface area contributed by atoms with Gasteiger partial charge in [0.1, 0.15) is 5.75 Å². The lowest BCUT2D eigenvalue weighted by Crippen LogP contribution is -2.11. The molecule has 0 aliphatic rings. The number of terminal acetylenes is 1. The molecule has 0 saturated carbocycles. The Hall–Kier alpha value is -1.42. The van der Waals surface area contributed by atoms with Crippen LogP contribution in [0, 0.1) is 19.3 Å². The predicted molar refractivity (Wildman–Crippen MR) is 68.8 cm³/mol. The van der Waals surface area contributed by atoms with Crippen LogP contribution in [0.15, 0.2) is 18.2 Å². The Morgan fingerprint density at radius 3 is 2.50 bits per heavy atom. The molecular formula is C15H20O. The normalized spacial score (nSPS) is 10.9. The summed E-state index contributed by atoms with van der Waals surface area (Å²) >= 11 is 0. The van der Waals surface area contributed by atoms with Crippen LogP contribution in [0.3, 0.4) is 0 Å². The first-order chi connectivity index (χ1) is 7.45. The molecule has 86 valence electrons. The van der Waals surface area contributed by atoms with Crippen LogP contribution >= 0.6 is 0 Å². The fraction of sp³-hybridized carbons (Fsp3) is 0.467. The van der Waals surface area contributed by atoms with Gasteiger partial charge in [-0.1, -0.05) is 32.9 Å². The van der Waals surface area contributed by atoms with Gasteiger partial charge in [-0.25, -0.2) is 0 Å². The lowest BCUT2D eigenvalue weighted by molar-refractivity contribution is 0.324. The zero-order valence-corrected chi connectivity index (χ0v) is 10.6. The molecule has 0 spiro atoms. The Bertz CT molecular complexity index is 391. The van der Waals surface area contributed by atoms with E-state index in [0.29, 0.717) is 13.0 Å². The summed E-state index contributed by atoms with van der Waals surface area (Å²) in [6.45, 7) is 9.29. The highest BCUT2D eigenvalue weighted by molar-refractivity contribution is 5.38. The maximum Gasteiger partial charge on any atom is 0.122 e. The van der Waals surface area contributed by atoms with Gasteiger partial charge in [-0.2, -0.15) is 0 Å². The molecule has 1 rings (SSSR count). The van der Waals surface area contributed by atoms with Gasteiger partial charge >= 0.3 is 0 Å². The van der Waals surface area contributed by atoms with E-state index in [1.165, 1.54) is 11.1 Å². The third-order valence-corrected chi connectivity index (χ3v) is 2.54. The molecule has 0 atom stereocenters. The summed E-state index contributed by atoms with van der Waals surface area (Å²) in [5, 5.41) is 0. The number of hydrogen-bond acceptors (Lipinski definition) is 1. The number of ether oxygens (including phenoxy) is 1. The Morgan fingerprint density at radius 2 is 2.00 bits per heavy atom. The highest BCUT2D eigenvalue weighted by Gasteiger charge is 2.14. The highest BCUT2D eigenvalue weighted by Crippen LogP contribution is 2.27. The van der Waals surface area contributed by atoms with Gasteiger partial charge in [0, 0.05) is 6.42 Å². The van der Waals surface area contributed by atoms with Crippen LogP contribution in [-0.4, -0.2) is 6.61 Å². The van der Waals surface area contributed by atoms with Crippen molar-refractivity contribution in [2.24, 2.45) is 0 Å². The maximum absolute atomic E-state index is 5.60. The molecule has 1 aromatic carbocycles. The van der Waals surface area contributed by atoms with Crippen molar-refractivity contribution in [1.29, 1.82) is 0 Å². The number of hydrogen-bond donors (Lipinski definition) is 0. The predicted octanol–water partition coefficient (Wildman–Crippen LogP) is 3.69. The fourth-order valence-electron chi connectivity index (χ4n) is 1.50. The SMILES string of the molecule is C#CCCOc1ccc(C(C)(C)C)cc1C. The van der Waals surface area contributed by atoms with Crippen LogP contribution in [-0.2, 0) is 5.41 Å². The topological polar surface area (TPSA) is 9.23 Å². The summed E-state index contributed by atoms with van der Waals surface area (Å²) in [6, 6.07) is 6.34. The lowest BCUT2D eigenvalue weighted by Gasteiger charge is -2.20. The Labute approximate surface area is 98.8 Å². The minimum absolute atomic E-state index is 0.183. The van der Waals surface area contributed by atoms with E-state index in [2.05, 4.69) is 45.7 Å². The van der Waals surface area contributed by atoms with Crippen molar-refractivity contribution in [3.63, 3.8) is 0 Å². The van der Waals surface area contributed by atoms with E-state index in [9.17, 15) is 0 Å². The third kappa shape index (κ3) is 3.31. The van der Waals surface area contributed by atoms with Crippen LogP contribution in [0.2, 0.25) is 0 Å². The van der Waals surface area contributed by atoms with Gasteiger partial charge in [0.15, 0.2) is 0 Å². The molecule has 0 bridgehead atoms. The highest BCUT2D eigenvalue weighted by atomic mass is 16.5. The van der Waals surface area contributed by atoms with Crippen LogP contribution in [0.5, 0.6) is 5.75 Å². The first-order valence-electron chi connectivity index (χ1n) is 5.62. The van der Waals surface area contributed by atoms with Crippen LogP contribution in [0.1, 0.15) is 38.3 Å². The maximum atomic E-state index is 5.60. The molecule has 0 saturated heterocycles. The quantitative estimate of drug-likeness (QED) is 0.553. The molecule has 1 nitrogen and oxygen atoms in total. The summed E-state index contributed by atoms with van der Waals surface area (Å²) in [4.78, 5) is 0. The van der Waals surface area contributed by atoms with Crippen LogP contribution in [0.4, 0.5) is 0 Å². The van der Waals surface area contributed by atoms with Gasteiger partial charge in [-0.3, -0.25) is 0 Å². The summed E-state index contributed by atoms with van der Waals surface area (Å²) in [5.74, 6) is 3.50. The Balaban J connectivity index is 2.80. The van der Waals surface area contributed by atoms with Gasteiger partial charge in [-0.15, -0.1) is 12.3 Å². The van der Waals surface area contributed by atoms with Crippen molar-refractivity contribution in [3.8, 4) is 18.1 Å². The van der Waals surface area contributed by atoms with E-state index in [1.807, 2.05) is 6.07 Å². The molecule has 1 heteroatoms. The molecule has 0 N–H and O–H groups in total. The minimum Gasteiger partial charge on any atom is -0.492 e. The average Bonchev–Trinajstić information content (AvgIpc) is 2.19. The van der Waals surface area contributed by atoms with Crippen molar-refractivity contribution in [2.45, 2.75) is 39.5 Å². The molecule has 0 heterocycles. The van der Waals surface area contributed by atoms with Crippen molar-refractivity contribution in [3.05, 3.63) is 29.3 Å². The van der Waals surface area contributed by atoms with Crippen molar-refractivity contribution >= 4 is 0 Å². The van der Waals surface area contributed by atoms with Gasteiger partial charge in [0.2, 0.25) is 0 Å². The van der Waals surface area contributed by atoms with Crippen LogP contribution < -0.4 is 4.74 Å². The van der Waals surface area contributed by atoms with Crippen molar-refractivity contribution < 1.29 is 4.74 Å². The molecule has 0 unspecified atom stereocenters. The van der Waals surface area contributed by atoms with E-state index in [-0.39, 0.29) is 5.41 Å². The summed E-state index contributed by atoms with van der Waals surface area (Å²) < 4.78 is 5.60. The summed E-state index contributed by atoms with van der Waals surface area (Å²) in [7, 11) is 0. The molecule has 0 radical (unpaired) electrons. The zero-order valence-electron chi connectivity index (χ0n) is 10.6. The van der Waals surface area contributed by atoms with Gasteiger partial charge in [0.05, 0.1) is 6.61 Å². The summed E-state index contributed by atoms with van der Waals surface area (Å²) in [5.41, 5.74) is 2.68. The largest absolute Gasteiger partial charge is 0.492 e. The van der Waals surface area contributed by atoms with E-state index < -0.39 is 0 Å². The minimum atomic E-state index is 0.183.